The van der Waals surface area contributed by atoms with Crippen molar-refractivity contribution in [1.29, 1.82) is 0 Å². The van der Waals surface area contributed by atoms with Gasteiger partial charge in [-0.05, 0) is 69.4 Å². The minimum Gasteiger partial charge on any atom is -0.330 e. The number of nitrogens with two attached hydrogens (primary N) is 1. The van der Waals surface area contributed by atoms with E-state index in [2.05, 4.69) is 11.8 Å². The van der Waals surface area contributed by atoms with Gasteiger partial charge < -0.3 is 10.6 Å². The van der Waals surface area contributed by atoms with Crippen molar-refractivity contribution in [2.24, 2.45) is 23.5 Å². The molecule has 2 aliphatic carbocycles. The van der Waals surface area contributed by atoms with Crippen molar-refractivity contribution in [3.63, 3.8) is 0 Å². The summed E-state index contributed by atoms with van der Waals surface area (Å²) in [4.78, 5) is 2.69. The van der Waals surface area contributed by atoms with Crippen LogP contribution in [0.25, 0.3) is 0 Å². The molecule has 2 rings (SSSR count). The topological polar surface area (TPSA) is 29.3 Å². The second-order valence-electron chi connectivity index (χ2n) is 5.92. The number of nitrogens with zero attached hydrogens (tertiary/aromatic N) is 1. The lowest BCUT2D eigenvalue weighted by Gasteiger charge is -2.32. The molecular formula is C14H28N2. The molecule has 0 amide bonds. The molecule has 2 saturated carbocycles. The molecule has 0 aromatic carbocycles. The second kappa shape index (κ2) is 6.02. The monoisotopic (exact) mass is 224 g/mol. The van der Waals surface area contributed by atoms with E-state index in [-0.39, 0.29) is 0 Å². The lowest BCUT2D eigenvalue weighted by atomic mass is 9.82. The zero-order valence-electron chi connectivity index (χ0n) is 10.8. The molecule has 2 fully saturated rings. The largest absolute Gasteiger partial charge is 0.330 e. The Morgan fingerprint density at radius 3 is 1.69 bits per heavy atom. The predicted octanol–water partition coefficient (Wildman–Crippen LogP) is 2.48. The van der Waals surface area contributed by atoms with Gasteiger partial charge in [0.1, 0.15) is 0 Å². The highest BCUT2D eigenvalue weighted by atomic mass is 15.1. The Morgan fingerprint density at radius 2 is 1.31 bits per heavy atom. The Hall–Kier alpha value is -0.0800. The predicted molar refractivity (Wildman–Crippen MR) is 69.3 cm³/mol. The van der Waals surface area contributed by atoms with Crippen LogP contribution in [0.15, 0.2) is 0 Å². The lowest BCUT2D eigenvalue weighted by molar-refractivity contribution is 0.182. The Bertz CT molecular complexity index is 193. The van der Waals surface area contributed by atoms with Crippen LogP contribution in [0.2, 0.25) is 0 Å². The first-order valence-corrected chi connectivity index (χ1v) is 7.24. The Labute approximate surface area is 101 Å². The minimum atomic E-state index is 0.828. The fraction of sp³-hybridized carbons (Fsp3) is 1.00. The van der Waals surface area contributed by atoms with E-state index in [1.807, 2.05) is 0 Å². The van der Waals surface area contributed by atoms with Crippen LogP contribution in [0.3, 0.4) is 0 Å². The zero-order chi connectivity index (χ0) is 11.4. The molecule has 0 bridgehead atoms. The van der Waals surface area contributed by atoms with Crippen molar-refractivity contribution in [1.82, 2.24) is 4.90 Å². The second-order valence-corrected chi connectivity index (χ2v) is 5.92. The first-order valence-electron chi connectivity index (χ1n) is 7.24. The molecule has 0 radical (unpaired) electrons. The van der Waals surface area contributed by atoms with Crippen LogP contribution < -0.4 is 5.73 Å². The smallest absolute Gasteiger partial charge is 0.000966 e. The summed E-state index contributed by atoms with van der Waals surface area (Å²) in [6.07, 6.45) is 8.56. The van der Waals surface area contributed by atoms with Gasteiger partial charge in [-0.2, -0.15) is 0 Å². The highest BCUT2D eigenvalue weighted by Gasteiger charge is 2.26. The highest BCUT2D eigenvalue weighted by molar-refractivity contribution is 4.80. The van der Waals surface area contributed by atoms with E-state index < -0.39 is 0 Å². The molecule has 2 N–H and O–H groups in total. The number of hydrogen-bond donors (Lipinski definition) is 1. The summed E-state index contributed by atoms with van der Waals surface area (Å²) in [5.41, 5.74) is 5.74. The van der Waals surface area contributed by atoms with Crippen molar-refractivity contribution >= 4 is 0 Å². The van der Waals surface area contributed by atoms with E-state index in [1.54, 1.807) is 0 Å². The van der Waals surface area contributed by atoms with E-state index in [4.69, 9.17) is 5.73 Å². The molecule has 16 heavy (non-hydrogen) atoms. The van der Waals surface area contributed by atoms with Gasteiger partial charge >= 0.3 is 0 Å². The lowest BCUT2D eigenvalue weighted by Crippen LogP contribution is -2.33. The summed E-state index contributed by atoms with van der Waals surface area (Å²) in [6.45, 7) is 7.19. The van der Waals surface area contributed by atoms with Gasteiger partial charge in [-0.1, -0.05) is 6.92 Å². The van der Waals surface area contributed by atoms with Crippen LogP contribution in [0, 0.1) is 17.8 Å². The van der Waals surface area contributed by atoms with E-state index in [0.29, 0.717) is 0 Å². The van der Waals surface area contributed by atoms with Gasteiger partial charge in [-0.25, -0.2) is 0 Å². The van der Waals surface area contributed by atoms with Gasteiger partial charge in [0.25, 0.3) is 0 Å². The zero-order valence-corrected chi connectivity index (χ0v) is 10.8. The van der Waals surface area contributed by atoms with E-state index >= 15 is 0 Å². The highest BCUT2D eigenvalue weighted by Crippen LogP contribution is 2.32. The van der Waals surface area contributed by atoms with Crippen LogP contribution in [0.4, 0.5) is 0 Å². The SMILES string of the molecule is CCN(CC1CCC(CN)CC1)CC1CC1. The summed E-state index contributed by atoms with van der Waals surface area (Å²) in [7, 11) is 0. The maximum Gasteiger partial charge on any atom is 0.000966 e. The average Bonchev–Trinajstić information content (AvgIpc) is 3.13. The van der Waals surface area contributed by atoms with E-state index in [9.17, 15) is 0 Å². The van der Waals surface area contributed by atoms with Gasteiger partial charge in [-0.3, -0.25) is 0 Å². The van der Waals surface area contributed by atoms with Gasteiger partial charge in [0.05, 0.1) is 0 Å². The third kappa shape index (κ3) is 3.74. The summed E-state index contributed by atoms with van der Waals surface area (Å²) >= 11 is 0. The first kappa shape index (κ1) is 12.4. The van der Waals surface area contributed by atoms with Crippen LogP contribution in [0.1, 0.15) is 45.4 Å². The molecule has 0 atom stereocenters. The quantitative estimate of drug-likeness (QED) is 0.751. The van der Waals surface area contributed by atoms with Crippen molar-refractivity contribution in [2.75, 3.05) is 26.2 Å². The summed E-state index contributed by atoms with van der Waals surface area (Å²) in [5.74, 6) is 2.83. The van der Waals surface area contributed by atoms with E-state index in [1.165, 1.54) is 58.2 Å². The fourth-order valence-corrected chi connectivity index (χ4v) is 3.01. The Balaban J connectivity index is 1.67. The fourth-order valence-electron chi connectivity index (χ4n) is 3.01. The van der Waals surface area contributed by atoms with Gasteiger partial charge in [0, 0.05) is 13.1 Å². The van der Waals surface area contributed by atoms with Crippen molar-refractivity contribution < 1.29 is 0 Å². The molecular weight excluding hydrogens is 196 g/mol. The first-order chi connectivity index (χ1) is 7.81. The standard InChI is InChI=1S/C14H28N2/c1-2-16(11-14-7-8-14)10-13-5-3-12(9-15)4-6-13/h12-14H,2-11,15H2,1H3. The minimum absolute atomic E-state index is 0.828. The molecule has 0 unspecified atom stereocenters. The van der Waals surface area contributed by atoms with Gasteiger partial charge in [-0.15, -0.1) is 0 Å². The van der Waals surface area contributed by atoms with E-state index in [0.717, 1.165) is 24.3 Å². The summed E-state index contributed by atoms with van der Waals surface area (Å²) in [5, 5.41) is 0. The molecule has 2 aliphatic rings. The molecule has 0 aliphatic heterocycles. The maximum atomic E-state index is 5.74. The van der Waals surface area contributed by atoms with Crippen LogP contribution in [-0.2, 0) is 0 Å². The molecule has 2 nitrogen and oxygen atoms in total. The van der Waals surface area contributed by atoms with Crippen molar-refractivity contribution in [3.05, 3.63) is 0 Å². The normalized spacial score (nSPS) is 30.9. The summed E-state index contributed by atoms with van der Waals surface area (Å²) < 4.78 is 0. The van der Waals surface area contributed by atoms with Gasteiger partial charge in [0.2, 0.25) is 0 Å². The van der Waals surface area contributed by atoms with Crippen LogP contribution >= 0.6 is 0 Å². The molecule has 0 aromatic rings. The molecule has 0 spiro atoms. The third-order valence-corrected chi connectivity index (χ3v) is 4.48. The molecule has 94 valence electrons. The van der Waals surface area contributed by atoms with Crippen LogP contribution in [-0.4, -0.2) is 31.1 Å². The molecule has 0 saturated heterocycles. The van der Waals surface area contributed by atoms with Gasteiger partial charge in [0.15, 0.2) is 0 Å². The molecule has 2 heteroatoms. The van der Waals surface area contributed by atoms with Crippen molar-refractivity contribution in [2.45, 2.75) is 45.4 Å². The molecule has 0 aromatic heterocycles. The Kier molecular flexibility index (Phi) is 4.66. The Morgan fingerprint density at radius 1 is 0.875 bits per heavy atom. The third-order valence-electron chi connectivity index (χ3n) is 4.48. The average molecular weight is 224 g/mol. The summed E-state index contributed by atoms with van der Waals surface area (Å²) in [6, 6.07) is 0. The number of hydrogen-bond acceptors (Lipinski definition) is 2. The maximum absolute atomic E-state index is 5.74. The van der Waals surface area contributed by atoms with Crippen LogP contribution in [0.5, 0.6) is 0 Å². The molecule has 0 heterocycles. The van der Waals surface area contributed by atoms with Crippen molar-refractivity contribution in [3.8, 4) is 0 Å². The number of rotatable bonds is 6.